The Bertz CT molecular complexity index is 1130. The second kappa shape index (κ2) is 6.73. The topological polar surface area (TPSA) is 97.6 Å². The standard InChI is InChI=1S/C19H14F3N5O2/c1-27-17(28)19(25-18(27)23,10-2-4-24-12(6-10)9-20)11-7-13(15-3-5-29-26-15)16(22)14(21)8-11/h2-8H,9H2,1H3,(H2,23,25). The number of guanidine groups is 1. The molecule has 1 atom stereocenters. The van der Waals surface area contributed by atoms with Crippen molar-refractivity contribution in [3.05, 3.63) is 71.2 Å². The molecule has 1 aromatic carbocycles. The summed E-state index contributed by atoms with van der Waals surface area (Å²) < 4.78 is 46.9. The van der Waals surface area contributed by atoms with Gasteiger partial charge in [0.05, 0.1) is 5.69 Å². The smallest absolute Gasteiger partial charge is 0.266 e. The SMILES string of the molecule is CN1C(=O)C(c2ccnc(CF)c2)(c2cc(F)c(F)c(-c3ccon3)c2)N=C1N. The van der Waals surface area contributed by atoms with E-state index >= 15 is 0 Å². The lowest BCUT2D eigenvalue weighted by Crippen LogP contribution is -2.41. The van der Waals surface area contributed by atoms with Crippen LogP contribution in [0.2, 0.25) is 0 Å². The Hall–Kier alpha value is -3.69. The van der Waals surface area contributed by atoms with Gasteiger partial charge >= 0.3 is 0 Å². The molecule has 2 aromatic heterocycles. The highest BCUT2D eigenvalue weighted by Crippen LogP contribution is 2.41. The van der Waals surface area contributed by atoms with Crippen molar-refractivity contribution < 1.29 is 22.5 Å². The van der Waals surface area contributed by atoms with Gasteiger partial charge in [0.2, 0.25) is 0 Å². The molecule has 1 aliphatic rings. The fourth-order valence-corrected chi connectivity index (χ4v) is 3.30. The van der Waals surface area contributed by atoms with Gasteiger partial charge in [-0.1, -0.05) is 5.16 Å². The number of aromatic nitrogens is 2. The third-order valence-electron chi connectivity index (χ3n) is 4.77. The number of aliphatic imine (C=N–C) groups is 1. The Morgan fingerprint density at radius 3 is 2.62 bits per heavy atom. The summed E-state index contributed by atoms with van der Waals surface area (Å²) in [4.78, 5) is 22.4. The highest BCUT2D eigenvalue weighted by molar-refractivity contribution is 6.09. The average molecular weight is 401 g/mol. The summed E-state index contributed by atoms with van der Waals surface area (Å²) in [6.45, 7) is -0.880. The number of nitrogens with zero attached hydrogens (tertiary/aromatic N) is 4. The van der Waals surface area contributed by atoms with Crippen LogP contribution in [0.25, 0.3) is 11.3 Å². The number of carbonyl (C=O) groups is 1. The lowest BCUT2D eigenvalue weighted by Gasteiger charge is -2.26. The molecule has 0 spiro atoms. The zero-order valence-electron chi connectivity index (χ0n) is 15.1. The average Bonchev–Trinajstić information content (AvgIpc) is 3.34. The highest BCUT2D eigenvalue weighted by atomic mass is 19.2. The molecule has 3 aromatic rings. The minimum Gasteiger partial charge on any atom is -0.369 e. The van der Waals surface area contributed by atoms with Crippen LogP contribution in [-0.4, -0.2) is 34.0 Å². The van der Waals surface area contributed by atoms with Crippen molar-refractivity contribution in [1.82, 2.24) is 15.0 Å². The summed E-state index contributed by atoms with van der Waals surface area (Å²) >= 11 is 0. The van der Waals surface area contributed by atoms with Crippen molar-refractivity contribution in [3.63, 3.8) is 0 Å². The number of benzene rings is 1. The van der Waals surface area contributed by atoms with Crippen molar-refractivity contribution >= 4 is 11.9 Å². The molecule has 0 aliphatic carbocycles. The predicted octanol–water partition coefficient (Wildman–Crippen LogP) is 2.51. The molecule has 0 bridgehead atoms. The van der Waals surface area contributed by atoms with Crippen LogP contribution in [0, 0.1) is 11.6 Å². The molecule has 7 nitrogen and oxygen atoms in total. The Labute approximate surface area is 162 Å². The zero-order chi connectivity index (χ0) is 20.8. The molecule has 4 rings (SSSR count). The maximum Gasteiger partial charge on any atom is 0.266 e. The van der Waals surface area contributed by atoms with Crippen LogP contribution >= 0.6 is 0 Å². The minimum absolute atomic E-state index is 0.00251. The van der Waals surface area contributed by atoms with Crippen molar-refractivity contribution in [2.45, 2.75) is 12.2 Å². The molecule has 0 saturated heterocycles. The monoisotopic (exact) mass is 401 g/mol. The largest absolute Gasteiger partial charge is 0.369 e. The summed E-state index contributed by atoms with van der Waals surface area (Å²) in [6, 6.07) is 6.25. The Kier molecular flexibility index (Phi) is 4.33. The second-order valence-electron chi connectivity index (χ2n) is 6.42. The second-order valence-corrected chi connectivity index (χ2v) is 6.42. The Morgan fingerprint density at radius 1 is 1.21 bits per heavy atom. The van der Waals surface area contributed by atoms with E-state index in [1.54, 1.807) is 0 Å². The number of amides is 1. The maximum atomic E-state index is 14.5. The van der Waals surface area contributed by atoms with Gasteiger partial charge in [0.1, 0.15) is 18.6 Å². The van der Waals surface area contributed by atoms with Crippen LogP contribution in [0.1, 0.15) is 16.8 Å². The van der Waals surface area contributed by atoms with Crippen LogP contribution in [-0.2, 0) is 17.0 Å². The first kappa shape index (κ1) is 18.7. The van der Waals surface area contributed by atoms with Crippen LogP contribution in [0.15, 0.2) is 52.3 Å². The van der Waals surface area contributed by atoms with Gasteiger partial charge in [-0.2, -0.15) is 0 Å². The molecule has 148 valence electrons. The van der Waals surface area contributed by atoms with Crippen molar-refractivity contribution in [3.8, 4) is 11.3 Å². The number of hydrogen-bond acceptors (Lipinski definition) is 6. The lowest BCUT2D eigenvalue weighted by molar-refractivity contribution is -0.129. The van der Waals surface area contributed by atoms with E-state index in [4.69, 9.17) is 10.3 Å². The van der Waals surface area contributed by atoms with E-state index in [0.29, 0.717) is 0 Å². The minimum atomic E-state index is -1.83. The van der Waals surface area contributed by atoms with Crippen LogP contribution in [0.5, 0.6) is 0 Å². The number of halogens is 3. The van der Waals surface area contributed by atoms with E-state index in [1.165, 1.54) is 43.8 Å². The summed E-state index contributed by atoms with van der Waals surface area (Å²) in [5.74, 6) is -3.10. The molecule has 1 unspecified atom stereocenters. The molecule has 0 fully saturated rings. The number of nitrogens with two attached hydrogens (primary N) is 1. The number of pyridine rings is 1. The molecule has 10 heteroatoms. The van der Waals surface area contributed by atoms with Gasteiger partial charge in [-0.15, -0.1) is 0 Å². The maximum absolute atomic E-state index is 14.5. The number of carbonyl (C=O) groups excluding carboxylic acids is 1. The van der Waals surface area contributed by atoms with Gasteiger partial charge in [-0.05, 0) is 35.4 Å². The van der Waals surface area contributed by atoms with Crippen molar-refractivity contribution in [1.29, 1.82) is 0 Å². The molecule has 0 saturated carbocycles. The first-order valence-corrected chi connectivity index (χ1v) is 8.43. The molecule has 29 heavy (non-hydrogen) atoms. The van der Waals surface area contributed by atoms with Gasteiger partial charge in [0.25, 0.3) is 5.91 Å². The van der Waals surface area contributed by atoms with Crippen molar-refractivity contribution in [2.75, 3.05) is 7.05 Å². The predicted molar refractivity (Wildman–Crippen MR) is 96.1 cm³/mol. The molecular formula is C19H14F3N5O2. The molecule has 3 heterocycles. The van der Waals surface area contributed by atoms with Crippen LogP contribution in [0.3, 0.4) is 0 Å². The Morgan fingerprint density at radius 2 is 2.00 bits per heavy atom. The molecule has 0 radical (unpaired) electrons. The van der Waals surface area contributed by atoms with E-state index in [-0.39, 0.29) is 34.0 Å². The Balaban J connectivity index is 2.03. The van der Waals surface area contributed by atoms with Gasteiger partial charge in [0.15, 0.2) is 23.1 Å². The highest BCUT2D eigenvalue weighted by Gasteiger charge is 2.50. The van der Waals surface area contributed by atoms with E-state index < -0.39 is 29.8 Å². The number of rotatable bonds is 4. The first-order chi connectivity index (χ1) is 13.9. The van der Waals surface area contributed by atoms with Crippen LogP contribution < -0.4 is 5.73 Å². The third-order valence-corrected chi connectivity index (χ3v) is 4.77. The van der Waals surface area contributed by atoms with Gasteiger partial charge in [-0.25, -0.2) is 18.2 Å². The molecule has 1 amide bonds. The summed E-state index contributed by atoms with van der Waals surface area (Å²) in [5, 5.41) is 3.63. The van der Waals surface area contributed by atoms with Crippen molar-refractivity contribution in [2.24, 2.45) is 10.7 Å². The van der Waals surface area contributed by atoms with E-state index in [2.05, 4.69) is 15.1 Å². The molecule has 1 aliphatic heterocycles. The quantitative estimate of drug-likeness (QED) is 0.725. The normalized spacial score (nSPS) is 19.0. The summed E-state index contributed by atoms with van der Waals surface area (Å²) in [5.41, 5.74) is 4.12. The number of alkyl halides is 1. The fourth-order valence-electron chi connectivity index (χ4n) is 3.30. The van der Waals surface area contributed by atoms with E-state index in [9.17, 15) is 18.0 Å². The third kappa shape index (κ3) is 2.75. The van der Waals surface area contributed by atoms with E-state index in [0.717, 1.165) is 11.0 Å². The zero-order valence-corrected chi connectivity index (χ0v) is 15.1. The molecule has 2 N–H and O–H groups in total. The molecular weight excluding hydrogens is 387 g/mol. The van der Waals surface area contributed by atoms with Gasteiger partial charge in [-0.3, -0.25) is 14.7 Å². The summed E-state index contributed by atoms with van der Waals surface area (Å²) in [6.07, 6.45) is 2.51. The number of hydrogen-bond donors (Lipinski definition) is 1. The summed E-state index contributed by atoms with van der Waals surface area (Å²) in [7, 11) is 1.40. The lowest BCUT2D eigenvalue weighted by atomic mass is 9.82. The van der Waals surface area contributed by atoms with Crippen LogP contribution in [0.4, 0.5) is 13.2 Å². The number of likely N-dealkylation sites (N-methyl/N-ethyl adjacent to an activating group) is 1. The van der Waals surface area contributed by atoms with E-state index in [1.807, 2.05) is 0 Å². The first-order valence-electron chi connectivity index (χ1n) is 8.43. The van der Waals surface area contributed by atoms with Gasteiger partial charge in [0, 0.05) is 24.9 Å². The van der Waals surface area contributed by atoms with Gasteiger partial charge < -0.3 is 10.3 Å². The fraction of sp³-hybridized carbons (Fsp3) is 0.158.